The molecule has 0 fully saturated rings. The van der Waals surface area contributed by atoms with Gasteiger partial charge in [-0.05, 0) is 35.0 Å². The summed E-state index contributed by atoms with van der Waals surface area (Å²) >= 11 is 3.44. The Bertz CT molecular complexity index is 545. The van der Waals surface area contributed by atoms with E-state index >= 15 is 0 Å². The summed E-state index contributed by atoms with van der Waals surface area (Å²) in [4.78, 5) is 13.8. The molecule has 0 bridgehead atoms. The van der Waals surface area contributed by atoms with Crippen molar-refractivity contribution >= 4 is 21.8 Å². The molecule has 0 heterocycles. The van der Waals surface area contributed by atoms with Crippen LogP contribution in [0.25, 0.3) is 0 Å². The lowest BCUT2D eigenvalue weighted by molar-refractivity contribution is -0.865. The van der Waals surface area contributed by atoms with Crippen molar-refractivity contribution < 1.29 is 19.2 Å². The van der Waals surface area contributed by atoms with E-state index in [1.807, 2.05) is 6.92 Å². The van der Waals surface area contributed by atoms with Gasteiger partial charge >= 0.3 is 0 Å². The molecule has 1 rings (SSSR count). The number of carbonyl (C=O) groups is 1. The van der Waals surface area contributed by atoms with Gasteiger partial charge in [0, 0.05) is 17.5 Å². The lowest BCUT2D eigenvalue weighted by atomic mass is 9.93. The van der Waals surface area contributed by atoms with Gasteiger partial charge in [-0.15, -0.1) is 0 Å². The number of benzene rings is 1. The van der Waals surface area contributed by atoms with Crippen LogP contribution in [0.15, 0.2) is 16.6 Å². The number of quaternary nitrogens is 1. The molecule has 130 valence electrons. The average molecular weight is 388 g/mol. The van der Waals surface area contributed by atoms with Crippen molar-refractivity contribution in [1.29, 1.82) is 0 Å². The van der Waals surface area contributed by atoms with Crippen LogP contribution in [0.5, 0.6) is 11.5 Å². The van der Waals surface area contributed by atoms with Gasteiger partial charge < -0.3 is 19.7 Å². The van der Waals surface area contributed by atoms with Crippen molar-refractivity contribution in [2.24, 2.45) is 5.41 Å². The molecule has 0 radical (unpaired) electrons. The highest BCUT2D eigenvalue weighted by molar-refractivity contribution is 9.10. The van der Waals surface area contributed by atoms with E-state index in [1.54, 1.807) is 19.2 Å². The van der Waals surface area contributed by atoms with Crippen molar-refractivity contribution in [3.8, 4) is 11.5 Å². The molecule has 1 aromatic carbocycles. The zero-order chi connectivity index (χ0) is 17.6. The Morgan fingerprint density at radius 1 is 1.35 bits per heavy atom. The van der Waals surface area contributed by atoms with Crippen molar-refractivity contribution in [1.82, 2.24) is 5.32 Å². The quantitative estimate of drug-likeness (QED) is 0.714. The van der Waals surface area contributed by atoms with E-state index in [1.165, 1.54) is 4.90 Å². The number of nitrogens with one attached hydrogen (secondary N) is 2. The van der Waals surface area contributed by atoms with Crippen molar-refractivity contribution in [2.75, 3.05) is 40.9 Å². The molecule has 0 aliphatic rings. The third-order valence-corrected chi connectivity index (χ3v) is 3.93. The highest BCUT2D eigenvalue weighted by Crippen LogP contribution is 2.36. The number of hydrogen-bond donors (Lipinski definition) is 2. The Morgan fingerprint density at radius 3 is 2.52 bits per heavy atom. The third kappa shape index (κ3) is 6.03. The van der Waals surface area contributed by atoms with Gasteiger partial charge in [-0.1, -0.05) is 13.8 Å². The zero-order valence-electron chi connectivity index (χ0n) is 14.9. The molecule has 1 aromatic rings. The fourth-order valence-corrected chi connectivity index (χ4v) is 3.13. The minimum atomic E-state index is -0.117. The predicted octanol–water partition coefficient (Wildman–Crippen LogP) is 1.76. The van der Waals surface area contributed by atoms with E-state index in [4.69, 9.17) is 9.47 Å². The van der Waals surface area contributed by atoms with E-state index in [2.05, 4.69) is 49.2 Å². The summed E-state index contributed by atoms with van der Waals surface area (Å²) in [5, 5.41) is 3.01. The standard InChI is InChI=1S/C17H27BrN2O3/c1-7-23-15-13(18)8-12(9-14(15)22-6)16(21)19-10-17(2,3)11-20(4)5/h8-9H,7,10-11H2,1-6H3,(H,19,21)/p+1. The number of carbonyl (C=O) groups excluding carboxylic acids is 1. The first kappa shape index (κ1) is 19.8. The number of amides is 1. The van der Waals surface area contributed by atoms with Gasteiger partial charge in [0.05, 0.1) is 38.8 Å². The largest absolute Gasteiger partial charge is 0.493 e. The van der Waals surface area contributed by atoms with E-state index in [-0.39, 0.29) is 11.3 Å². The van der Waals surface area contributed by atoms with Crippen LogP contribution in [0.3, 0.4) is 0 Å². The van der Waals surface area contributed by atoms with E-state index in [0.29, 0.717) is 34.7 Å². The van der Waals surface area contributed by atoms with E-state index in [9.17, 15) is 4.79 Å². The maximum atomic E-state index is 12.4. The fourth-order valence-electron chi connectivity index (χ4n) is 2.58. The normalized spacial score (nSPS) is 11.5. The molecule has 0 atom stereocenters. The van der Waals surface area contributed by atoms with Gasteiger partial charge in [-0.2, -0.15) is 0 Å². The monoisotopic (exact) mass is 387 g/mol. The van der Waals surface area contributed by atoms with Gasteiger partial charge in [0.15, 0.2) is 11.5 Å². The second-order valence-electron chi connectivity index (χ2n) is 6.65. The topological polar surface area (TPSA) is 52.0 Å². The molecule has 0 unspecified atom stereocenters. The Balaban J connectivity index is 2.86. The molecule has 5 nitrogen and oxygen atoms in total. The first-order chi connectivity index (χ1) is 10.7. The summed E-state index contributed by atoms with van der Waals surface area (Å²) in [7, 11) is 5.78. The van der Waals surface area contributed by atoms with E-state index < -0.39 is 0 Å². The summed E-state index contributed by atoms with van der Waals surface area (Å²) in [6, 6.07) is 3.46. The number of ether oxygens (including phenoxy) is 2. The molecule has 0 saturated heterocycles. The number of hydrogen-bond acceptors (Lipinski definition) is 3. The second kappa shape index (κ2) is 8.55. The first-order valence-electron chi connectivity index (χ1n) is 7.77. The molecule has 2 N–H and O–H groups in total. The number of rotatable bonds is 8. The molecule has 1 amide bonds. The average Bonchev–Trinajstić information content (AvgIpc) is 2.45. The summed E-state index contributed by atoms with van der Waals surface area (Å²) in [5.74, 6) is 1.04. The molecule has 0 aromatic heterocycles. The van der Waals surface area contributed by atoms with Gasteiger partial charge in [-0.25, -0.2) is 0 Å². The predicted molar refractivity (Wildman–Crippen MR) is 95.7 cm³/mol. The highest BCUT2D eigenvalue weighted by atomic mass is 79.9. The molecule has 23 heavy (non-hydrogen) atoms. The van der Waals surface area contributed by atoms with Gasteiger partial charge in [0.2, 0.25) is 0 Å². The number of methoxy groups -OCH3 is 1. The van der Waals surface area contributed by atoms with Crippen molar-refractivity contribution in [3.05, 3.63) is 22.2 Å². The molecular weight excluding hydrogens is 360 g/mol. The Labute approximate surface area is 147 Å². The lowest BCUT2D eigenvalue weighted by Crippen LogP contribution is -3.07. The van der Waals surface area contributed by atoms with Crippen LogP contribution in [-0.4, -0.2) is 46.8 Å². The van der Waals surface area contributed by atoms with Gasteiger partial charge in [-0.3, -0.25) is 4.79 Å². The summed E-state index contributed by atoms with van der Waals surface area (Å²) in [6.07, 6.45) is 0. The maximum absolute atomic E-state index is 12.4. The van der Waals surface area contributed by atoms with Crippen LogP contribution in [0.4, 0.5) is 0 Å². The van der Waals surface area contributed by atoms with Gasteiger partial charge in [0.1, 0.15) is 0 Å². The lowest BCUT2D eigenvalue weighted by Gasteiger charge is -2.26. The molecule has 0 spiro atoms. The Kier molecular flexibility index (Phi) is 7.35. The number of halogens is 1. The van der Waals surface area contributed by atoms with Crippen LogP contribution < -0.4 is 19.7 Å². The minimum Gasteiger partial charge on any atom is -0.493 e. The van der Waals surface area contributed by atoms with Crippen LogP contribution in [0.2, 0.25) is 0 Å². The smallest absolute Gasteiger partial charge is 0.251 e. The molecule has 0 saturated carbocycles. The van der Waals surface area contributed by atoms with E-state index in [0.717, 1.165) is 6.54 Å². The highest BCUT2D eigenvalue weighted by Gasteiger charge is 2.23. The van der Waals surface area contributed by atoms with Crippen molar-refractivity contribution in [3.63, 3.8) is 0 Å². The first-order valence-corrected chi connectivity index (χ1v) is 8.57. The molecule has 6 heteroatoms. The second-order valence-corrected chi connectivity index (χ2v) is 7.51. The molecule has 0 aliphatic heterocycles. The molecular formula is C17H28BrN2O3+. The fraction of sp³-hybridized carbons (Fsp3) is 0.588. The maximum Gasteiger partial charge on any atom is 0.251 e. The van der Waals surface area contributed by atoms with Crippen LogP contribution in [0, 0.1) is 5.41 Å². The third-order valence-electron chi connectivity index (χ3n) is 3.34. The van der Waals surface area contributed by atoms with Gasteiger partial charge in [0.25, 0.3) is 5.91 Å². The SMILES string of the molecule is CCOc1c(Br)cc(C(=O)NCC(C)(C)C[NH+](C)C)cc1OC. The molecule has 0 aliphatic carbocycles. The van der Waals surface area contributed by atoms with Crippen LogP contribution in [-0.2, 0) is 0 Å². The van der Waals surface area contributed by atoms with Crippen molar-refractivity contribution in [2.45, 2.75) is 20.8 Å². The summed E-state index contributed by atoms with van der Waals surface area (Å²) in [6.45, 7) is 8.32. The summed E-state index contributed by atoms with van der Waals surface area (Å²) < 4.78 is 11.6. The Hall–Kier alpha value is -1.27. The minimum absolute atomic E-state index is 0.0288. The zero-order valence-corrected chi connectivity index (χ0v) is 16.5. The van der Waals surface area contributed by atoms with Crippen LogP contribution in [0.1, 0.15) is 31.1 Å². The Morgan fingerprint density at radius 2 is 2.00 bits per heavy atom. The van der Waals surface area contributed by atoms with Crippen LogP contribution >= 0.6 is 15.9 Å². The summed E-state index contributed by atoms with van der Waals surface area (Å²) in [5.41, 5.74) is 0.575.